The number of likely N-dealkylation sites (N-methyl/N-ethyl adjacent to an activating group) is 1. The Kier molecular flexibility index (Phi) is 2.54. The van der Waals surface area contributed by atoms with Crippen molar-refractivity contribution >= 4 is 5.78 Å². The first-order valence-corrected chi connectivity index (χ1v) is 9.71. The molecule has 136 valence electrons. The van der Waals surface area contributed by atoms with Crippen molar-refractivity contribution in [2.75, 3.05) is 13.6 Å². The van der Waals surface area contributed by atoms with Crippen molar-refractivity contribution in [1.82, 2.24) is 0 Å². The number of ether oxygens (including phenoxy) is 1. The molecule has 1 aromatic carbocycles. The van der Waals surface area contributed by atoms with Crippen LogP contribution in [0.2, 0.25) is 0 Å². The van der Waals surface area contributed by atoms with Crippen LogP contribution in [-0.4, -0.2) is 51.8 Å². The molecule has 5 aliphatic rings. The molecule has 1 spiro atoms. The van der Waals surface area contributed by atoms with Gasteiger partial charge in [-0.25, -0.2) is 0 Å². The molecule has 2 heterocycles. The molecule has 26 heavy (non-hydrogen) atoms. The molecule has 6 rings (SSSR count). The zero-order valence-corrected chi connectivity index (χ0v) is 14.9. The molecule has 3 aliphatic carbocycles. The summed E-state index contributed by atoms with van der Waals surface area (Å²) < 4.78 is 6.75. The number of aliphatic hydroxyl groups is 1. The zero-order chi connectivity index (χ0) is 17.9. The lowest BCUT2D eigenvalue weighted by molar-refractivity contribution is -0.899. The van der Waals surface area contributed by atoms with Crippen molar-refractivity contribution in [1.29, 1.82) is 0 Å². The van der Waals surface area contributed by atoms with Crippen molar-refractivity contribution in [3.63, 3.8) is 0 Å². The lowest BCUT2D eigenvalue weighted by atomic mass is 9.50. The fourth-order valence-corrected chi connectivity index (χ4v) is 6.38. The van der Waals surface area contributed by atoms with Crippen molar-refractivity contribution in [3.05, 3.63) is 35.5 Å². The monoisotopic (exact) mass is 354 g/mol. The lowest BCUT2D eigenvalue weighted by Gasteiger charge is -2.61. The van der Waals surface area contributed by atoms with Crippen LogP contribution in [0.25, 0.3) is 0 Å². The molecule has 0 aromatic heterocycles. The Morgan fingerprint density at radius 2 is 2.15 bits per heavy atom. The molecule has 0 amide bonds. The number of aromatic hydroxyl groups is 1. The van der Waals surface area contributed by atoms with Gasteiger partial charge in [0.1, 0.15) is 17.1 Å². The average Bonchev–Trinajstić information content (AvgIpc) is 3.32. The predicted molar refractivity (Wildman–Crippen MR) is 93.8 cm³/mol. The highest BCUT2D eigenvalue weighted by Gasteiger charge is 2.75. The summed E-state index contributed by atoms with van der Waals surface area (Å²) in [6.07, 6.45) is 7.63. The van der Waals surface area contributed by atoms with E-state index in [1.807, 2.05) is 6.07 Å². The van der Waals surface area contributed by atoms with Crippen LogP contribution < -0.4 is 4.74 Å². The molecule has 1 unspecified atom stereocenters. The minimum Gasteiger partial charge on any atom is -0.504 e. The lowest BCUT2D eigenvalue weighted by Crippen LogP contribution is -2.77. The topological polar surface area (TPSA) is 66.8 Å². The van der Waals surface area contributed by atoms with E-state index >= 15 is 0 Å². The van der Waals surface area contributed by atoms with Crippen LogP contribution in [0.4, 0.5) is 0 Å². The van der Waals surface area contributed by atoms with Gasteiger partial charge in [-0.05, 0) is 37.0 Å². The molecule has 2 N–H and O–H groups in total. The van der Waals surface area contributed by atoms with E-state index in [2.05, 4.69) is 19.3 Å². The highest BCUT2D eigenvalue weighted by molar-refractivity contribution is 5.90. The summed E-state index contributed by atoms with van der Waals surface area (Å²) in [4.78, 5) is 12.8. The van der Waals surface area contributed by atoms with Gasteiger partial charge in [0.25, 0.3) is 0 Å². The van der Waals surface area contributed by atoms with Gasteiger partial charge in [-0.15, -0.1) is 0 Å². The molecule has 5 nitrogen and oxygen atoms in total. The third kappa shape index (κ3) is 1.50. The van der Waals surface area contributed by atoms with E-state index in [1.165, 1.54) is 12.8 Å². The molecule has 2 fully saturated rings. The quantitative estimate of drug-likeness (QED) is 0.795. The third-order valence-electron chi connectivity index (χ3n) is 7.75. The maximum atomic E-state index is 12.8. The second-order valence-corrected chi connectivity index (χ2v) is 9.21. The molecule has 2 aliphatic heterocycles. The number of Topliss-reactive ketones (excluding diaryl/α,β-unsaturated/α-hetero) is 1. The van der Waals surface area contributed by atoms with Crippen molar-refractivity contribution in [3.8, 4) is 11.5 Å². The summed E-state index contributed by atoms with van der Waals surface area (Å²) >= 11 is 0. The Morgan fingerprint density at radius 3 is 2.92 bits per heavy atom. The number of hydrogen-bond acceptors (Lipinski definition) is 4. The van der Waals surface area contributed by atoms with Gasteiger partial charge in [0.05, 0.1) is 19.8 Å². The molecular weight excluding hydrogens is 330 g/mol. The summed E-state index contributed by atoms with van der Waals surface area (Å²) in [5.41, 5.74) is 0.0869. The van der Waals surface area contributed by atoms with Crippen LogP contribution in [0.5, 0.6) is 11.5 Å². The SMILES string of the molecule is C[N+]1(CC2CC2)C=C[C@]23c4c5ccc(O)c4O[C@H]2C(=O)CC[C@@]3(O)[C@H]1C5. The molecule has 5 heteroatoms. The number of nitrogens with zero attached hydrogens (tertiary/aromatic N) is 1. The maximum absolute atomic E-state index is 12.8. The fourth-order valence-electron chi connectivity index (χ4n) is 6.38. The minimum absolute atomic E-state index is 0.00953. The smallest absolute Gasteiger partial charge is 0.174 e. The minimum atomic E-state index is -1.02. The number of carbonyl (C=O) groups excluding carboxylic acids is 1. The van der Waals surface area contributed by atoms with Gasteiger partial charge in [0, 0.05) is 24.3 Å². The first kappa shape index (κ1) is 15.2. The second kappa shape index (κ2) is 4.34. The second-order valence-electron chi connectivity index (χ2n) is 9.21. The van der Waals surface area contributed by atoms with Crippen molar-refractivity contribution in [2.45, 2.75) is 55.3 Å². The summed E-state index contributed by atoms with van der Waals surface area (Å²) in [5, 5.41) is 22.5. The van der Waals surface area contributed by atoms with Gasteiger partial charge < -0.3 is 14.9 Å². The standard InChI is InChI=1S/C21H23NO4/c1-22(11-12-2-3-12)9-8-20-17-13-4-5-14(23)18(17)26-19(20)15(24)6-7-21(20,25)16(22)10-13/h4-5,8-9,12,16,19,25H,2-3,6-7,10-11H2,1H3/p+1/t16-,19+,20+,21-,22?/m1/s1. The van der Waals surface area contributed by atoms with E-state index < -0.39 is 17.1 Å². The van der Waals surface area contributed by atoms with Gasteiger partial charge in [0.2, 0.25) is 0 Å². The van der Waals surface area contributed by atoms with Gasteiger partial charge in [-0.3, -0.25) is 9.28 Å². The maximum Gasteiger partial charge on any atom is 0.174 e. The summed E-state index contributed by atoms with van der Waals surface area (Å²) in [7, 11) is 2.22. The highest BCUT2D eigenvalue weighted by atomic mass is 16.5. The van der Waals surface area contributed by atoms with Gasteiger partial charge in [-0.1, -0.05) is 6.07 Å². The van der Waals surface area contributed by atoms with Crippen LogP contribution in [0, 0.1) is 5.92 Å². The van der Waals surface area contributed by atoms with Gasteiger partial charge in [0.15, 0.2) is 23.4 Å². The van der Waals surface area contributed by atoms with E-state index in [0.717, 1.165) is 34.5 Å². The molecular formula is C21H24NO4+. The Bertz CT molecular complexity index is 890. The summed E-state index contributed by atoms with van der Waals surface area (Å²) in [6, 6.07) is 3.63. The fraction of sp³-hybridized carbons (Fsp3) is 0.571. The van der Waals surface area contributed by atoms with E-state index in [0.29, 0.717) is 18.6 Å². The Labute approximate surface area is 152 Å². The first-order chi connectivity index (χ1) is 12.4. The molecule has 5 atom stereocenters. The number of phenols is 1. The molecule has 2 bridgehead atoms. The molecule has 1 aromatic rings. The van der Waals surface area contributed by atoms with E-state index in [4.69, 9.17) is 4.74 Å². The van der Waals surface area contributed by atoms with Crippen LogP contribution in [0.1, 0.15) is 36.8 Å². The number of benzene rings is 1. The molecule has 0 saturated heterocycles. The molecule has 2 saturated carbocycles. The van der Waals surface area contributed by atoms with Crippen LogP contribution in [0.3, 0.4) is 0 Å². The Hall–Kier alpha value is -1.85. The number of ketones is 1. The number of hydrogen-bond donors (Lipinski definition) is 2. The van der Waals surface area contributed by atoms with Crippen LogP contribution in [0.15, 0.2) is 24.4 Å². The van der Waals surface area contributed by atoms with E-state index in [9.17, 15) is 15.0 Å². The first-order valence-electron chi connectivity index (χ1n) is 9.71. The average molecular weight is 354 g/mol. The number of quaternary nitrogens is 1. The zero-order valence-electron chi connectivity index (χ0n) is 14.9. The van der Waals surface area contributed by atoms with Crippen LogP contribution >= 0.6 is 0 Å². The highest BCUT2D eigenvalue weighted by Crippen LogP contribution is 2.64. The number of phenolic OH excluding ortho intramolecular Hbond substituents is 1. The predicted octanol–water partition coefficient (Wildman–Crippen LogP) is 1.79. The van der Waals surface area contributed by atoms with Crippen molar-refractivity contribution < 1.29 is 24.2 Å². The Morgan fingerprint density at radius 1 is 1.35 bits per heavy atom. The van der Waals surface area contributed by atoms with Crippen LogP contribution in [-0.2, 0) is 16.6 Å². The Balaban J connectivity index is 1.65. The van der Waals surface area contributed by atoms with Gasteiger partial charge >= 0.3 is 0 Å². The third-order valence-corrected chi connectivity index (χ3v) is 7.75. The normalized spacial score (nSPS) is 44.6. The number of rotatable bonds is 2. The van der Waals surface area contributed by atoms with Gasteiger partial charge in [-0.2, -0.15) is 0 Å². The summed E-state index contributed by atoms with van der Waals surface area (Å²) in [5.74, 6) is 1.23. The molecule has 0 radical (unpaired) electrons. The van der Waals surface area contributed by atoms with E-state index in [1.54, 1.807) is 6.07 Å². The van der Waals surface area contributed by atoms with E-state index in [-0.39, 0.29) is 17.6 Å². The number of carbonyl (C=O) groups is 1. The summed E-state index contributed by atoms with van der Waals surface area (Å²) in [6.45, 7) is 1.04. The van der Waals surface area contributed by atoms with Crippen molar-refractivity contribution in [2.24, 2.45) is 5.92 Å². The largest absolute Gasteiger partial charge is 0.504 e.